The third-order valence-electron chi connectivity index (χ3n) is 3.56. The number of likely N-dealkylation sites (N-methyl/N-ethyl adjacent to an activating group) is 1. The van der Waals surface area contributed by atoms with Crippen molar-refractivity contribution in [3.8, 4) is 0 Å². The summed E-state index contributed by atoms with van der Waals surface area (Å²) in [5.41, 5.74) is 2.19. The molecular weight excluding hydrogens is 392 g/mol. The van der Waals surface area contributed by atoms with Gasteiger partial charge in [-0.25, -0.2) is 0 Å². The van der Waals surface area contributed by atoms with Crippen LogP contribution in [0, 0.1) is 0 Å². The lowest BCUT2D eigenvalue weighted by molar-refractivity contribution is -0.116. The first-order valence-corrected chi connectivity index (χ1v) is 8.67. The molecule has 0 bridgehead atoms. The van der Waals surface area contributed by atoms with E-state index in [1.165, 1.54) is 4.90 Å². The fourth-order valence-corrected chi connectivity index (χ4v) is 3.05. The summed E-state index contributed by atoms with van der Waals surface area (Å²) in [7, 11) is 1.58. The van der Waals surface area contributed by atoms with Crippen LogP contribution in [0.15, 0.2) is 46.9 Å². The molecule has 0 saturated carbocycles. The molecule has 2 rings (SSSR count). The summed E-state index contributed by atoms with van der Waals surface area (Å²) in [6.07, 6.45) is 0.819. The van der Waals surface area contributed by atoms with Crippen LogP contribution in [0.4, 0.5) is 5.69 Å². The molecule has 2 aromatic rings. The summed E-state index contributed by atoms with van der Waals surface area (Å²) in [5, 5.41) is 3.19. The van der Waals surface area contributed by atoms with Crippen LogP contribution in [0.5, 0.6) is 0 Å². The minimum Gasteiger partial charge on any atom is -0.332 e. The number of nitrogens with one attached hydrogen (secondary N) is 1. The Balaban J connectivity index is 2.04. The van der Waals surface area contributed by atoms with Gasteiger partial charge in [-0.3, -0.25) is 9.59 Å². The van der Waals surface area contributed by atoms with Gasteiger partial charge in [0.25, 0.3) is 5.91 Å². The van der Waals surface area contributed by atoms with Crippen LogP contribution in [-0.4, -0.2) is 30.3 Å². The van der Waals surface area contributed by atoms with E-state index in [-0.39, 0.29) is 18.4 Å². The second-order valence-corrected chi connectivity index (χ2v) is 6.67. The second kappa shape index (κ2) is 8.31. The topological polar surface area (TPSA) is 49.4 Å². The molecule has 0 spiro atoms. The molecule has 0 radical (unpaired) electrons. The van der Waals surface area contributed by atoms with Gasteiger partial charge < -0.3 is 10.2 Å². The smallest absolute Gasteiger partial charge is 0.255 e. The number of amides is 2. The number of anilines is 1. The van der Waals surface area contributed by atoms with Crippen LogP contribution in [0.2, 0.25) is 5.02 Å². The van der Waals surface area contributed by atoms with E-state index in [0.717, 1.165) is 22.1 Å². The monoisotopic (exact) mass is 408 g/mol. The Kier molecular flexibility index (Phi) is 6.40. The number of rotatable bonds is 5. The molecule has 0 aliphatic rings. The maximum atomic E-state index is 12.4. The van der Waals surface area contributed by atoms with Crippen molar-refractivity contribution >= 4 is 45.0 Å². The van der Waals surface area contributed by atoms with E-state index in [2.05, 4.69) is 21.2 Å². The van der Waals surface area contributed by atoms with Gasteiger partial charge in [0.2, 0.25) is 5.91 Å². The average molecular weight is 410 g/mol. The third-order valence-corrected chi connectivity index (χ3v) is 4.37. The maximum absolute atomic E-state index is 12.4. The van der Waals surface area contributed by atoms with Gasteiger partial charge in [-0.1, -0.05) is 52.7 Å². The second-order valence-electron chi connectivity index (χ2n) is 5.34. The summed E-state index contributed by atoms with van der Waals surface area (Å²) < 4.78 is 0.792. The van der Waals surface area contributed by atoms with Crippen LogP contribution >= 0.6 is 27.5 Å². The average Bonchev–Trinajstić information content (AvgIpc) is 2.54. The van der Waals surface area contributed by atoms with Gasteiger partial charge in [-0.15, -0.1) is 0 Å². The molecule has 24 heavy (non-hydrogen) atoms. The Hall–Kier alpha value is -1.85. The Morgan fingerprint density at radius 2 is 1.92 bits per heavy atom. The first kappa shape index (κ1) is 18.5. The predicted molar refractivity (Wildman–Crippen MR) is 101 cm³/mol. The molecule has 2 amide bonds. The number of hydrogen-bond acceptors (Lipinski definition) is 2. The maximum Gasteiger partial charge on any atom is 0.255 e. The van der Waals surface area contributed by atoms with Crippen molar-refractivity contribution in [3.63, 3.8) is 0 Å². The van der Waals surface area contributed by atoms with E-state index >= 15 is 0 Å². The minimum absolute atomic E-state index is 0.0523. The van der Waals surface area contributed by atoms with Crippen molar-refractivity contribution in [3.05, 3.63) is 63.1 Å². The van der Waals surface area contributed by atoms with Gasteiger partial charge in [-0.2, -0.15) is 0 Å². The molecule has 4 nitrogen and oxygen atoms in total. The zero-order valence-electron chi connectivity index (χ0n) is 13.5. The fraction of sp³-hybridized carbons (Fsp3) is 0.222. The van der Waals surface area contributed by atoms with E-state index in [0.29, 0.717) is 10.6 Å². The van der Waals surface area contributed by atoms with Crippen LogP contribution in [-0.2, 0) is 11.2 Å². The van der Waals surface area contributed by atoms with E-state index in [9.17, 15) is 9.59 Å². The standard InChI is InChI=1S/C18H18BrClN2O2/c1-3-12-6-4-5-7-16(12)21-17(23)11-22(2)18(24)14-9-8-13(19)10-15(14)20/h4-10H,3,11H2,1-2H3,(H,21,23). The molecular formula is C18H18BrClN2O2. The van der Waals surface area contributed by atoms with E-state index in [1.807, 2.05) is 31.2 Å². The molecule has 0 heterocycles. The Morgan fingerprint density at radius 1 is 1.21 bits per heavy atom. The largest absolute Gasteiger partial charge is 0.332 e. The normalized spacial score (nSPS) is 10.3. The first-order chi connectivity index (χ1) is 11.4. The zero-order chi connectivity index (χ0) is 17.7. The molecule has 0 saturated heterocycles. The molecule has 0 aliphatic heterocycles. The van der Waals surface area contributed by atoms with Crippen molar-refractivity contribution in [2.24, 2.45) is 0 Å². The predicted octanol–water partition coefficient (Wildman–Crippen LogP) is 4.38. The molecule has 2 aromatic carbocycles. The molecule has 0 unspecified atom stereocenters. The van der Waals surface area contributed by atoms with Gasteiger partial charge in [-0.05, 0) is 36.2 Å². The lowest BCUT2D eigenvalue weighted by atomic mass is 10.1. The van der Waals surface area contributed by atoms with Crippen LogP contribution in [0.3, 0.4) is 0 Å². The number of aryl methyl sites for hydroxylation is 1. The highest BCUT2D eigenvalue weighted by Gasteiger charge is 2.18. The molecule has 126 valence electrons. The summed E-state index contributed by atoms with van der Waals surface area (Å²) in [6.45, 7) is 1.97. The Labute approximate surface area is 154 Å². The number of halogens is 2. The van der Waals surface area contributed by atoms with Crippen molar-refractivity contribution in [2.45, 2.75) is 13.3 Å². The van der Waals surface area contributed by atoms with E-state index < -0.39 is 0 Å². The fourth-order valence-electron chi connectivity index (χ4n) is 2.30. The molecule has 0 aliphatic carbocycles. The number of para-hydroxylation sites is 1. The van der Waals surface area contributed by atoms with Crippen LogP contribution in [0.25, 0.3) is 0 Å². The Morgan fingerprint density at radius 3 is 2.58 bits per heavy atom. The summed E-state index contributed by atoms with van der Waals surface area (Å²) in [6, 6.07) is 12.6. The van der Waals surface area contributed by atoms with Gasteiger partial charge >= 0.3 is 0 Å². The summed E-state index contributed by atoms with van der Waals surface area (Å²) >= 11 is 9.40. The van der Waals surface area contributed by atoms with Crippen molar-refractivity contribution in [1.29, 1.82) is 0 Å². The molecule has 6 heteroatoms. The number of carbonyl (C=O) groups excluding carboxylic acids is 2. The van der Waals surface area contributed by atoms with Crippen LogP contribution < -0.4 is 5.32 Å². The van der Waals surface area contributed by atoms with Gasteiger partial charge in [0.1, 0.15) is 0 Å². The quantitative estimate of drug-likeness (QED) is 0.797. The Bertz CT molecular complexity index is 764. The highest BCUT2D eigenvalue weighted by Crippen LogP contribution is 2.22. The van der Waals surface area contributed by atoms with Gasteiger partial charge in [0.15, 0.2) is 0 Å². The number of nitrogens with zero attached hydrogens (tertiary/aromatic N) is 1. The van der Waals surface area contributed by atoms with Crippen molar-refractivity contribution in [2.75, 3.05) is 18.9 Å². The van der Waals surface area contributed by atoms with Gasteiger partial charge in [0.05, 0.1) is 17.1 Å². The van der Waals surface area contributed by atoms with E-state index in [1.54, 1.807) is 25.2 Å². The summed E-state index contributed by atoms with van der Waals surface area (Å²) in [5.74, 6) is -0.550. The van der Waals surface area contributed by atoms with Crippen molar-refractivity contribution < 1.29 is 9.59 Å². The molecule has 0 fully saturated rings. The molecule has 1 N–H and O–H groups in total. The minimum atomic E-state index is -0.300. The number of hydrogen-bond donors (Lipinski definition) is 1. The highest BCUT2D eigenvalue weighted by atomic mass is 79.9. The zero-order valence-corrected chi connectivity index (χ0v) is 15.8. The number of carbonyl (C=O) groups is 2. The van der Waals surface area contributed by atoms with Crippen LogP contribution in [0.1, 0.15) is 22.8 Å². The first-order valence-electron chi connectivity index (χ1n) is 7.50. The lowest BCUT2D eigenvalue weighted by Gasteiger charge is -2.18. The molecule has 0 aromatic heterocycles. The molecule has 0 atom stereocenters. The highest BCUT2D eigenvalue weighted by molar-refractivity contribution is 9.10. The third kappa shape index (κ3) is 4.58. The van der Waals surface area contributed by atoms with E-state index in [4.69, 9.17) is 11.6 Å². The summed E-state index contributed by atoms with van der Waals surface area (Å²) in [4.78, 5) is 26.0. The van der Waals surface area contributed by atoms with Gasteiger partial charge in [0, 0.05) is 17.2 Å². The lowest BCUT2D eigenvalue weighted by Crippen LogP contribution is -2.35. The van der Waals surface area contributed by atoms with Crippen molar-refractivity contribution in [1.82, 2.24) is 4.90 Å². The number of benzene rings is 2. The SMILES string of the molecule is CCc1ccccc1NC(=O)CN(C)C(=O)c1ccc(Br)cc1Cl.